The standard InChI is InChI=1S/C19H27N5O2/c1-4-5-8-22(3)17-14-15(2)20-19(21-17)24-11-9-23(10-12-24)18(25)16-7-6-13-26-16/h6-7,13-14H,4-5,8-12H2,1-3H3. The highest BCUT2D eigenvalue weighted by atomic mass is 16.3. The predicted octanol–water partition coefficient (Wildman–Crippen LogP) is 2.58. The largest absolute Gasteiger partial charge is 0.459 e. The van der Waals surface area contributed by atoms with Gasteiger partial charge >= 0.3 is 0 Å². The number of carbonyl (C=O) groups is 1. The van der Waals surface area contributed by atoms with Crippen molar-refractivity contribution in [1.82, 2.24) is 14.9 Å². The van der Waals surface area contributed by atoms with E-state index in [2.05, 4.69) is 28.8 Å². The topological polar surface area (TPSA) is 65.7 Å². The van der Waals surface area contributed by atoms with Gasteiger partial charge in [0, 0.05) is 51.5 Å². The van der Waals surface area contributed by atoms with Crippen LogP contribution in [0.5, 0.6) is 0 Å². The van der Waals surface area contributed by atoms with E-state index < -0.39 is 0 Å². The molecule has 2 aromatic rings. The first-order chi connectivity index (χ1) is 12.6. The van der Waals surface area contributed by atoms with E-state index in [1.165, 1.54) is 6.26 Å². The number of unbranched alkanes of at least 4 members (excludes halogenated alkanes) is 1. The van der Waals surface area contributed by atoms with Crippen molar-refractivity contribution in [1.29, 1.82) is 0 Å². The summed E-state index contributed by atoms with van der Waals surface area (Å²) in [4.78, 5) is 27.9. The molecule has 0 N–H and O–H groups in total. The summed E-state index contributed by atoms with van der Waals surface area (Å²) in [7, 11) is 2.07. The lowest BCUT2D eigenvalue weighted by Crippen LogP contribution is -2.49. The zero-order chi connectivity index (χ0) is 18.5. The fraction of sp³-hybridized carbons (Fsp3) is 0.526. The summed E-state index contributed by atoms with van der Waals surface area (Å²) in [6.45, 7) is 7.88. The van der Waals surface area contributed by atoms with Gasteiger partial charge in [-0.15, -0.1) is 0 Å². The summed E-state index contributed by atoms with van der Waals surface area (Å²) < 4.78 is 5.21. The number of hydrogen-bond donors (Lipinski definition) is 0. The van der Waals surface area contributed by atoms with E-state index >= 15 is 0 Å². The van der Waals surface area contributed by atoms with Gasteiger partial charge in [0.15, 0.2) is 5.76 Å². The summed E-state index contributed by atoms with van der Waals surface area (Å²) >= 11 is 0. The molecule has 1 aliphatic heterocycles. The Balaban J connectivity index is 1.65. The van der Waals surface area contributed by atoms with Crippen LogP contribution in [0, 0.1) is 6.92 Å². The number of aryl methyl sites for hydroxylation is 1. The number of furan rings is 1. The van der Waals surface area contributed by atoms with Crippen molar-refractivity contribution in [2.45, 2.75) is 26.7 Å². The molecule has 0 atom stereocenters. The zero-order valence-electron chi connectivity index (χ0n) is 15.8. The van der Waals surface area contributed by atoms with Crippen LogP contribution in [-0.2, 0) is 0 Å². The first kappa shape index (κ1) is 18.2. The average Bonchev–Trinajstić information content (AvgIpc) is 3.20. The number of anilines is 2. The van der Waals surface area contributed by atoms with Gasteiger partial charge < -0.3 is 19.1 Å². The Morgan fingerprint density at radius 2 is 2.04 bits per heavy atom. The molecule has 7 nitrogen and oxygen atoms in total. The van der Waals surface area contributed by atoms with Crippen molar-refractivity contribution in [3.8, 4) is 0 Å². The van der Waals surface area contributed by atoms with Crippen molar-refractivity contribution in [3.05, 3.63) is 35.9 Å². The number of hydrogen-bond acceptors (Lipinski definition) is 6. The first-order valence-electron chi connectivity index (χ1n) is 9.23. The fourth-order valence-corrected chi connectivity index (χ4v) is 3.05. The van der Waals surface area contributed by atoms with Crippen LogP contribution in [0.25, 0.3) is 0 Å². The van der Waals surface area contributed by atoms with Crippen LogP contribution < -0.4 is 9.80 Å². The predicted molar refractivity (Wildman–Crippen MR) is 102 cm³/mol. The quantitative estimate of drug-likeness (QED) is 0.792. The van der Waals surface area contributed by atoms with Gasteiger partial charge in [-0.2, -0.15) is 4.98 Å². The van der Waals surface area contributed by atoms with Crippen LogP contribution >= 0.6 is 0 Å². The number of nitrogens with zero attached hydrogens (tertiary/aromatic N) is 5. The summed E-state index contributed by atoms with van der Waals surface area (Å²) in [6.07, 6.45) is 3.83. The molecule has 7 heteroatoms. The molecule has 0 spiro atoms. The molecule has 3 rings (SSSR count). The third kappa shape index (κ3) is 4.15. The Hall–Kier alpha value is -2.57. The molecule has 0 unspecified atom stereocenters. The normalized spacial score (nSPS) is 14.6. The number of carbonyl (C=O) groups excluding carboxylic acids is 1. The number of amides is 1. The average molecular weight is 357 g/mol. The maximum atomic E-state index is 12.4. The molecule has 0 radical (unpaired) electrons. The molecule has 1 saturated heterocycles. The van der Waals surface area contributed by atoms with Gasteiger partial charge in [0.05, 0.1) is 6.26 Å². The Bertz CT molecular complexity index is 724. The maximum Gasteiger partial charge on any atom is 0.289 e. The number of rotatable bonds is 6. The Morgan fingerprint density at radius 3 is 2.69 bits per heavy atom. The lowest BCUT2D eigenvalue weighted by molar-refractivity contribution is 0.0714. The van der Waals surface area contributed by atoms with Crippen molar-refractivity contribution < 1.29 is 9.21 Å². The SMILES string of the molecule is CCCCN(C)c1cc(C)nc(N2CCN(C(=O)c3ccco3)CC2)n1. The van der Waals surface area contributed by atoms with Crippen molar-refractivity contribution >= 4 is 17.7 Å². The van der Waals surface area contributed by atoms with Gasteiger partial charge in [-0.1, -0.05) is 13.3 Å². The van der Waals surface area contributed by atoms with Crippen LogP contribution in [-0.4, -0.2) is 60.5 Å². The smallest absolute Gasteiger partial charge is 0.289 e. The van der Waals surface area contributed by atoms with Gasteiger partial charge in [0.25, 0.3) is 5.91 Å². The van der Waals surface area contributed by atoms with Crippen LogP contribution in [0.2, 0.25) is 0 Å². The van der Waals surface area contributed by atoms with E-state index in [1.54, 1.807) is 12.1 Å². The first-order valence-corrected chi connectivity index (χ1v) is 9.23. The van der Waals surface area contributed by atoms with E-state index in [4.69, 9.17) is 9.40 Å². The van der Waals surface area contributed by atoms with Crippen molar-refractivity contribution in [2.75, 3.05) is 49.6 Å². The highest BCUT2D eigenvalue weighted by Crippen LogP contribution is 2.19. The van der Waals surface area contributed by atoms with E-state index in [0.29, 0.717) is 31.9 Å². The van der Waals surface area contributed by atoms with Gasteiger partial charge in [-0.25, -0.2) is 4.98 Å². The minimum Gasteiger partial charge on any atom is -0.459 e. The Kier molecular flexibility index (Phi) is 5.75. The van der Waals surface area contributed by atoms with Crippen molar-refractivity contribution in [3.63, 3.8) is 0 Å². The molecule has 1 amide bonds. The summed E-state index contributed by atoms with van der Waals surface area (Å²) in [5, 5.41) is 0. The van der Waals surface area contributed by atoms with E-state index in [-0.39, 0.29) is 5.91 Å². The summed E-state index contributed by atoms with van der Waals surface area (Å²) in [5.41, 5.74) is 0.961. The lowest BCUT2D eigenvalue weighted by atomic mass is 10.3. The maximum absolute atomic E-state index is 12.4. The molecule has 0 aliphatic carbocycles. The van der Waals surface area contributed by atoms with Crippen molar-refractivity contribution in [2.24, 2.45) is 0 Å². The highest BCUT2D eigenvalue weighted by Gasteiger charge is 2.25. The van der Waals surface area contributed by atoms with E-state index in [0.717, 1.165) is 36.8 Å². The van der Waals surface area contributed by atoms with E-state index in [9.17, 15) is 4.79 Å². The van der Waals surface area contributed by atoms with Crippen LogP contribution in [0.1, 0.15) is 36.0 Å². The fourth-order valence-electron chi connectivity index (χ4n) is 3.05. The Labute approximate surface area is 154 Å². The Morgan fingerprint density at radius 1 is 1.27 bits per heavy atom. The molecule has 140 valence electrons. The molecule has 26 heavy (non-hydrogen) atoms. The molecule has 1 aliphatic rings. The van der Waals surface area contributed by atoms with Gasteiger partial charge in [-0.3, -0.25) is 4.79 Å². The molecule has 0 saturated carbocycles. The molecule has 3 heterocycles. The highest BCUT2D eigenvalue weighted by molar-refractivity contribution is 5.91. The van der Waals surface area contributed by atoms with Crippen LogP contribution in [0.3, 0.4) is 0 Å². The van der Waals surface area contributed by atoms with Gasteiger partial charge in [0.2, 0.25) is 5.95 Å². The van der Waals surface area contributed by atoms with E-state index in [1.807, 2.05) is 17.9 Å². The third-order valence-corrected chi connectivity index (χ3v) is 4.65. The monoisotopic (exact) mass is 357 g/mol. The molecule has 0 aromatic carbocycles. The third-order valence-electron chi connectivity index (χ3n) is 4.65. The van der Waals surface area contributed by atoms with Crippen LogP contribution in [0.15, 0.2) is 28.9 Å². The van der Waals surface area contributed by atoms with Gasteiger partial charge in [0.1, 0.15) is 5.82 Å². The lowest BCUT2D eigenvalue weighted by Gasteiger charge is -2.34. The molecule has 0 bridgehead atoms. The minimum absolute atomic E-state index is 0.0557. The molecule has 1 fully saturated rings. The molecule has 2 aromatic heterocycles. The second-order valence-electron chi connectivity index (χ2n) is 6.70. The summed E-state index contributed by atoms with van der Waals surface area (Å²) in [6, 6.07) is 5.47. The molecular formula is C19H27N5O2. The zero-order valence-corrected chi connectivity index (χ0v) is 15.8. The minimum atomic E-state index is -0.0557. The molecular weight excluding hydrogens is 330 g/mol. The van der Waals surface area contributed by atoms with Crippen LogP contribution in [0.4, 0.5) is 11.8 Å². The summed E-state index contributed by atoms with van der Waals surface area (Å²) in [5.74, 6) is 2.04. The second-order valence-corrected chi connectivity index (χ2v) is 6.70. The second kappa shape index (κ2) is 8.21. The number of aromatic nitrogens is 2. The van der Waals surface area contributed by atoms with Gasteiger partial charge in [-0.05, 0) is 25.5 Å². The number of piperazine rings is 1.